The number of rotatable bonds is 7. The van der Waals surface area contributed by atoms with Gasteiger partial charge in [0.2, 0.25) is 0 Å². The fraction of sp³-hybridized carbons (Fsp3) is 0.900. The minimum absolute atomic E-state index is 0.174. The van der Waals surface area contributed by atoms with Crippen LogP contribution in [0.15, 0.2) is 0 Å². The molecule has 0 aromatic rings. The van der Waals surface area contributed by atoms with E-state index in [2.05, 4.69) is 5.32 Å². The molecule has 0 bridgehead atoms. The Morgan fingerprint density at radius 2 is 2.07 bits per heavy atom. The van der Waals surface area contributed by atoms with E-state index < -0.39 is 10.8 Å². The Hall–Kier alpha value is -0.420. The van der Waals surface area contributed by atoms with Gasteiger partial charge < -0.3 is 10.1 Å². The van der Waals surface area contributed by atoms with Crippen LogP contribution < -0.4 is 5.32 Å². The molecule has 0 aliphatic rings. The third-order valence-corrected chi connectivity index (χ3v) is 2.82. The molecule has 15 heavy (non-hydrogen) atoms. The Bertz CT molecular complexity index is 221. The van der Waals surface area contributed by atoms with Crippen LogP contribution in [0.25, 0.3) is 0 Å². The molecule has 0 radical (unpaired) electrons. The van der Waals surface area contributed by atoms with Crippen molar-refractivity contribution >= 4 is 16.8 Å². The number of nitrogens with one attached hydrogen (secondary N) is 1. The van der Waals surface area contributed by atoms with Crippen LogP contribution in [-0.4, -0.2) is 40.9 Å². The van der Waals surface area contributed by atoms with Crippen LogP contribution in [0.1, 0.15) is 27.2 Å². The van der Waals surface area contributed by atoms with Gasteiger partial charge in [0.1, 0.15) is 6.04 Å². The first-order valence-electron chi connectivity index (χ1n) is 5.20. The maximum Gasteiger partial charge on any atom is 0.322 e. The monoisotopic (exact) mass is 235 g/mol. The molecule has 4 nitrogen and oxygen atoms in total. The van der Waals surface area contributed by atoms with Crippen molar-refractivity contribution in [1.82, 2.24) is 5.32 Å². The Morgan fingerprint density at radius 3 is 2.53 bits per heavy atom. The molecule has 0 aromatic heterocycles. The normalized spacial score (nSPS) is 16.8. The van der Waals surface area contributed by atoms with Crippen molar-refractivity contribution in [1.29, 1.82) is 0 Å². The topological polar surface area (TPSA) is 55.4 Å². The van der Waals surface area contributed by atoms with Gasteiger partial charge in [0.15, 0.2) is 0 Å². The van der Waals surface area contributed by atoms with E-state index in [-0.39, 0.29) is 18.1 Å². The molecule has 0 rings (SSSR count). The van der Waals surface area contributed by atoms with Crippen molar-refractivity contribution in [2.24, 2.45) is 0 Å². The minimum Gasteiger partial charge on any atom is -0.465 e. The highest BCUT2D eigenvalue weighted by Crippen LogP contribution is 1.96. The minimum atomic E-state index is -0.771. The van der Waals surface area contributed by atoms with Crippen molar-refractivity contribution < 1.29 is 13.7 Å². The fourth-order valence-electron chi connectivity index (χ4n) is 1.19. The molecule has 0 aliphatic heterocycles. The molecule has 1 N–H and O–H groups in total. The number of ether oxygens (including phenoxy) is 1. The van der Waals surface area contributed by atoms with Gasteiger partial charge in [-0.2, -0.15) is 0 Å². The molecule has 5 heteroatoms. The maximum absolute atomic E-state index is 11.3. The lowest BCUT2D eigenvalue weighted by Gasteiger charge is -2.18. The summed E-state index contributed by atoms with van der Waals surface area (Å²) < 4.78 is 15.7. The van der Waals surface area contributed by atoms with Gasteiger partial charge in [-0.3, -0.25) is 9.00 Å². The molecule has 0 saturated heterocycles. The molecule has 3 atom stereocenters. The molecule has 90 valence electrons. The van der Waals surface area contributed by atoms with E-state index in [1.165, 1.54) is 0 Å². The fourth-order valence-corrected chi connectivity index (χ4v) is 1.87. The summed E-state index contributed by atoms with van der Waals surface area (Å²) in [4.78, 5) is 11.3. The number of hydrogen-bond acceptors (Lipinski definition) is 4. The van der Waals surface area contributed by atoms with E-state index in [1.54, 1.807) is 20.1 Å². The summed E-state index contributed by atoms with van der Waals surface area (Å²) >= 11 is 0. The first-order chi connectivity index (χ1) is 6.97. The number of carbonyl (C=O) groups is 1. The third kappa shape index (κ3) is 7.50. The lowest BCUT2D eigenvalue weighted by Crippen LogP contribution is -2.41. The maximum atomic E-state index is 11.3. The van der Waals surface area contributed by atoms with Gasteiger partial charge in [-0.05, 0) is 27.2 Å². The Kier molecular flexibility index (Phi) is 7.60. The van der Waals surface area contributed by atoms with Crippen LogP contribution in [0.3, 0.4) is 0 Å². The highest BCUT2D eigenvalue weighted by Gasteiger charge is 2.15. The summed E-state index contributed by atoms with van der Waals surface area (Å²) in [6.07, 6.45) is 2.48. The molecule has 0 spiro atoms. The number of esters is 1. The molecule has 0 fully saturated rings. The van der Waals surface area contributed by atoms with Crippen LogP contribution in [0, 0.1) is 0 Å². The van der Waals surface area contributed by atoms with Crippen LogP contribution in [0.2, 0.25) is 0 Å². The number of hydrogen-bond donors (Lipinski definition) is 1. The Morgan fingerprint density at radius 1 is 1.47 bits per heavy atom. The first-order valence-corrected chi connectivity index (χ1v) is 6.92. The zero-order valence-electron chi connectivity index (χ0n) is 9.91. The predicted molar refractivity (Wildman–Crippen MR) is 62.2 cm³/mol. The first kappa shape index (κ1) is 14.6. The second kappa shape index (κ2) is 7.82. The van der Waals surface area contributed by atoms with Gasteiger partial charge in [-0.1, -0.05) is 0 Å². The Balaban J connectivity index is 3.79. The highest BCUT2D eigenvalue weighted by molar-refractivity contribution is 7.84. The third-order valence-electron chi connectivity index (χ3n) is 2.01. The van der Waals surface area contributed by atoms with E-state index >= 15 is 0 Å². The summed E-state index contributed by atoms with van der Waals surface area (Å²) in [6, 6.07) is -0.126. The van der Waals surface area contributed by atoms with Crippen molar-refractivity contribution in [3.05, 3.63) is 0 Å². The molecule has 0 heterocycles. The van der Waals surface area contributed by atoms with Crippen LogP contribution >= 0.6 is 0 Å². The predicted octanol–water partition coefficient (Wildman–Crippen LogP) is 0.685. The lowest BCUT2D eigenvalue weighted by molar-refractivity contribution is -0.145. The molecule has 0 amide bonds. The van der Waals surface area contributed by atoms with Crippen LogP contribution in [0.5, 0.6) is 0 Å². The van der Waals surface area contributed by atoms with Crippen LogP contribution in [0.4, 0.5) is 0 Å². The molecular weight excluding hydrogens is 214 g/mol. The van der Waals surface area contributed by atoms with E-state index in [9.17, 15) is 9.00 Å². The summed E-state index contributed by atoms with van der Waals surface area (Å²) in [7, 11) is -0.771. The molecule has 0 saturated carbocycles. The van der Waals surface area contributed by atoms with E-state index in [4.69, 9.17) is 4.74 Å². The SMILES string of the molecule is CCOC(=O)C(C)NC(C)CCS(C)=O. The Labute approximate surface area is 94.2 Å². The van der Waals surface area contributed by atoms with E-state index in [0.717, 1.165) is 6.42 Å². The van der Waals surface area contributed by atoms with Gasteiger partial charge in [-0.25, -0.2) is 0 Å². The quantitative estimate of drug-likeness (QED) is 0.660. The summed E-state index contributed by atoms with van der Waals surface area (Å²) in [5.41, 5.74) is 0. The van der Waals surface area contributed by atoms with Gasteiger partial charge in [-0.15, -0.1) is 0 Å². The van der Waals surface area contributed by atoms with Crippen LogP contribution in [-0.2, 0) is 20.3 Å². The van der Waals surface area contributed by atoms with E-state index in [1.807, 2.05) is 6.92 Å². The average Bonchev–Trinajstić information content (AvgIpc) is 2.15. The molecule has 0 aromatic carbocycles. The molecule has 0 aliphatic carbocycles. The smallest absolute Gasteiger partial charge is 0.322 e. The van der Waals surface area contributed by atoms with Crippen molar-refractivity contribution in [2.75, 3.05) is 18.6 Å². The van der Waals surface area contributed by atoms with Crippen molar-refractivity contribution in [3.63, 3.8) is 0 Å². The van der Waals surface area contributed by atoms with Crippen molar-refractivity contribution in [3.8, 4) is 0 Å². The summed E-state index contributed by atoms with van der Waals surface area (Å²) in [6.45, 7) is 5.94. The second-order valence-corrected chi connectivity index (χ2v) is 5.16. The highest BCUT2D eigenvalue weighted by atomic mass is 32.2. The lowest BCUT2D eigenvalue weighted by atomic mass is 10.2. The van der Waals surface area contributed by atoms with Gasteiger partial charge in [0, 0.05) is 28.9 Å². The summed E-state index contributed by atoms with van der Waals surface area (Å²) in [5, 5.41) is 3.11. The van der Waals surface area contributed by atoms with Gasteiger partial charge in [0.25, 0.3) is 0 Å². The number of carbonyl (C=O) groups excluding carboxylic acids is 1. The average molecular weight is 235 g/mol. The molecule has 3 unspecified atom stereocenters. The zero-order chi connectivity index (χ0) is 11.8. The molecular formula is C10H21NO3S. The summed E-state index contributed by atoms with van der Waals surface area (Å²) in [5.74, 6) is 0.422. The van der Waals surface area contributed by atoms with Gasteiger partial charge >= 0.3 is 5.97 Å². The standard InChI is InChI=1S/C10H21NO3S/c1-5-14-10(12)9(3)11-8(2)6-7-15(4)13/h8-9,11H,5-7H2,1-4H3. The van der Waals surface area contributed by atoms with Gasteiger partial charge in [0.05, 0.1) is 6.61 Å². The second-order valence-electron chi connectivity index (χ2n) is 3.61. The van der Waals surface area contributed by atoms with Crippen molar-refractivity contribution in [2.45, 2.75) is 39.3 Å². The zero-order valence-corrected chi connectivity index (χ0v) is 10.7. The largest absolute Gasteiger partial charge is 0.465 e. The van der Waals surface area contributed by atoms with E-state index in [0.29, 0.717) is 12.4 Å².